The molecule has 0 aliphatic heterocycles. The molecule has 0 saturated carbocycles. The molecule has 0 bridgehead atoms. The Balaban J connectivity index is 4.32. The van der Waals surface area contributed by atoms with E-state index in [1.54, 1.807) is 0 Å². The lowest BCUT2D eigenvalue weighted by atomic mass is 10.1. The largest absolute Gasteiger partial charge is 0.478 e. The van der Waals surface area contributed by atoms with E-state index in [9.17, 15) is 4.79 Å². The first-order valence-electron chi connectivity index (χ1n) is 4.35. The Morgan fingerprint density at radius 1 is 1.64 bits per heavy atom. The van der Waals surface area contributed by atoms with Crippen LogP contribution in [0.1, 0.15) is 26.2 Å². The fraction of sp³-hybridized carbons (Fsp3) is 0.444. The van der Waals surface area contributed by atoms with Gasteiger partial charge in [0.05, 0.1) is 0 Å². The number of carbonyl (C=O) groups is 1. The summed E-state index contributed by atoms with van der Waals surface area (Å²) in [5.74, 6) is -0.927. The number of nitrogens with zero attached hydrogens (tertiary/aromatic N) is 3. The average molecular weight is 195 g/mol. The molecule has 5 heteroatoms. The average Bonchev–Trinajstić information content (AvgIpc) is 2.16. The normalized spacial score (nSPS) is 11.4. The van der Waals surface area contributed by atoms with Crippen molar-refractivity contribution in [2.24, 2.45) is 5.11 Å². The van der Waals surface area contributed by atoms with Gasteiger partial charge >= 0.3 is 5.97 Å². The zero-order valence-electron chi connectivity index (χ0n) is 8.05. The lowest BCUT2D eigenvalue weighted by Crippen LogP contribution is -1.99. The Labute approximate surface area is 82.4 Å². The molecule has 14 heavy (non-hydrogen) atoms. The van der Waals surface area contributed by atoms with Gasteiger partial charge in [-0.15, -0.1) is 0 Å². The summed E-state index contributed by atoms with van der Waals surface area (Å²) in [6.07, 6.45) is 6.42. The van der Waals surface area contributed by atoms with Crippen LogP contribution in [-0.2, 0) is 4.79 Å². The molecular weight excluding hydrogens is 182 g/mol. The van der Waals surface area contributed by atoms with Crippen molar-refractivity contribution in [2.45, 2.75) is 26.2 Å². The lowest BCUT2D eigenvalue weighted by Gasteiger charge is -1.98. The molecular formula is C9H13N3O2. The van der Waals surface area contributed by atoms with E-state index in [2.05, 4.69) is 10.0 Å². The molecule has 0 aliphatic rings. The van der Waals surface area contributed by atoms with Crippen LogP contribution in [0.3, 0.4) is 0 Å². The second kappa shape index (κ2) is 7.89. The molecule has 0 spiro atoms. The Bertz CT molecular complexity index is 288. The molecule has 0 amide bonds. The Hall–Kier alpha value is -1.74. The second-order valence-electron chi connectivity index (χ2n) is 2.65. The van der Waals surface area contributed by atoms with Crippen LogP contribution in [0.4, 0.5) is 0 Å². The third kappa shape index (κ3) is 5.85. The molecule has 0 heterocycles. The van der Waals surface area contributed by atoms with Crippen molar-refractivity contribution in [3.05, 3.63) is 34.4 Å². The van der Waals surface area contributed by atoms with Crippen LogP contribution in [0.5, 0.6) is 0 Å². The summed E-state index contributed by atoms with van der Waals surface area (Å²) >= 11 is 0. The minimum atomic E-state index is -0.927. The zero-order chi connectivity index (χ0) is 10.8. The van der Waals surface area contributed by atoms with Gasteiger partial charge in [0.25, 0.3) is 0 Å². The zero-order valence-corrected chi connectivity index (χ0v) is 8.05. The number of hydrogen-bond donors (Lipinski definition) is 1. The second-order valence-corrected chi connectivity index (χ2v) is 2.65. The maximum atomic E-state index is 10.7. The van der Waals surface area contributed by atoms with Gasteiger partial charge in [0, 0.05) is 16.7 Å². The maximum Gasteiger partial charge on any atom is 0.331 e. The van der Waals surface area contributed by atoms with Crippen molar-refractivity contribution >= 4 is 5.97 Å². The topological polar surface area (TPSA) is 86.1 Å². The standard InChI is InChI=1S/C9H13N3O2/c1-2-3-5-8(9(13)14)6-4-7-11-12-10/h4,6-7H,2-3,5H2,1H3,(H,13,14)/b7-4+,8-6+. The van der Waals surface area contributed by atoms with E-state index in [1.165, 1.54) is 18.4 Å². The number of unbranched alkanes of at least 4 members (excludes halogenated alkanes) is 1. The first-order chi connectivity index (χ1) is 6.72. The Kier molecular flexibility index (Phi) is 6.91. The van der Waals surface area contributed by atoms with Crippen LogP contribution >= 0.6 is 0 Å². The van der Waals surface area contributed by atoms with Crippen molar-refractivity contribution in [1.82, 2.24) is 0 Å². The number of rotatable bonds is 6. The van der Waals surface area contributed by atoms with Gasteiger partial charge in [-0.1, -0.05) is 30.6 Å². The molecule has 0 unspecified atom stereocenters. The minimum Gasteiger partial charge on any atom is -0.478 e. The lowest BCUT2D eigenvalue weighted by molar-refractivity contribution is -0.132. The summed E-state index contributed by atoms with van der Waals surface area (Å²) in [6, 6.07) is 0. The fourth-order valence-electron chi connectivity index (χ4n) is 0.856. The molecule has 0 radical (unpaired) electrons. The SMILES string of the molecule is CCCC/C(=C\C=C\N=[N+]=[N-])C(=O)O. The van der Waals surface area contributed by atoms with Gasteiger partial charge in [-0.3, -0.25) is 0 Å². The molecule has 0 atom stereocenters. The number of aliphatic carboxylic acids is 1. The smallest absolute Gasteiger partial charge is 0.331 e. The Morgan fingerprint density at radius 3 is 2.86 bits per heavy atom. The number of carboxylic acid groups (broad SMARTS) is 1. The van der Waals surface area contributed by atoms with Crippen molar-refractivity contribution < 1.29 is 9.90 Å². The third-order valence-corrected chi connectivity index (χ3v) is 1.58. The highest BCUT2D eigenvalue weighted by atomic mass is 16.4. The highest BCUT2D eigenvalue weighted by molar-refractivity contribution is 5.86. The molecule has 1 N–H and O–H groups in total. The van der Waals surface area contributed by atoms with Gasteiger partial charge < -0.3 is 5.11 Å². The van der Waals surface area contributed by atoms with E-state index in [4.69, 9.17) is 10.6 Å². The van der Waals surface area contributed by atoms with Crippen molar-refractivity contribution in [3.63, 3.8) is 0 Å². The van der Waals surface area contributed by atoms with Crippen molar-refractivity contribution in [1.29, 1.82) is 0 Å². The highest BCUT2D eigenvalue weighted by Crippen LogP contribution is 2.07. The summed E-state index contributed by atoms with van der Waals surface area (Å²) in [5.41, 5.74) is 8.28. The first kappa shape index (κ1) is 12.3. The number of allylic oxidation sites excluding steroid dienone is 2. The summed E-state index contributed by atoms with van der Waals surface area (Å²) < 4.78 is 0. The number of carboxylic acids is 1. The molecule has 0 fully saturated rings. The van der Waals surface area contributed by atoms with Crippen molar-refractivity contribution in [3.8, 4) is 0 Å². The summed E-state index contributed by atoms with van der Waals surface area (Å²) in [5, 5.41) is 11.9. The van der Waals surface area contributed by atoms with Gasteiger partial charge in [-0.2, -0.15) is 0 Å². The van der Waals surface area contributed by atoms with Gasteiger partial charge in [0.1, 0.15) is 0 Å². The van der Waals surface area contributed by atoms with E-state index in [-0.39, 0.29) is 0 Å². The Morgan fingerprint density at radius 2 is 2.36 bits per heavy atom. The fourth-order valence-corrected chi connectivity index (χ4v) is 0.856. The van der Waals surface area contributed by atoms with E-state index in [0.29, 0.717) is 12.0 Å². The summed E-state index contributed by atoms with van der Waals surface area (Å²) in [7, 11) is 0. The van der Waals surface area contributed by atoms with Crippen molar-refractivity contribution in [2.75, 3.05) is 0 Å². The quantitative estimate of drug-likeness (QED) is 0.232. The summed E-state index contributed by atoms with van der Waals surface area (Å²) in [4.78, 5) is 13.2. The number of hydrogen-bond acceptors (Lipinski definition) is 2. The van der Waals surface area contributed by atoms with Crippen LogP contribution in [0.15, 0.2) is 29.0 Å². The number of azide groups is 1. The molecule has 0 saturated heterocycles. The maximum absolute atomic E-state index is 10.7. The predicted octanol–water partition coefficient (Wildman–Crippen LogP) is 3.01. The van der Waals surface area contributed by atoms with Gasteiger partial charge in [-0.25, -0.2) is 4.79 Å². The molecule has 0 aliphatic carbocycles. The monoisotopic (exact) mass is 195 g/mol. The van der Waals surface area contributed by atoms with Gasteiger partial charge in [0.15, 0.2) is 0 Å². The molecule has 0 aromatic carbocycles. The third-order valence-electron chi connectivity index (χ3n) is 1.58. The predicted molar refractivity (Wildman–Crippen MR) is 53.5 cm³/mol. The van der Waals surface area contributed by atoms with Crippen LogP contribution in [0.2, 0.25) is 0 Å². The van der Waals surface area contributed by atoms with Crippen LogP contribution in [0, 0.1) is 0 Å². The minimum absolute atomic E-state index is 0.330. The molecule has 0 aromatic rings. The molecule has 0 rings (SSSR count). The van der Waals surface area contributed by atoms with Gasteiger partial charge in [-0.05, 0) is 18.4 Å². The van der Waals surface area contributed by atoms with E-state index < -0.39 is 5.97 Å². The van der Waals surface area contributed by atoms with Gasteiger partial charge in [0.2, 0.25) is 0 Å². The van der Waals surface area contributed by atoms with Crippen LogP contribution < -0.4 is 0 Å². The summed E-state index contributed by atoms with van der Waals surface area (Å²) in [6.45, 7) is 2.00. The van der Waals surface area contributed by atoms with E-state index >= 15 is 0 Å². The van der Waals surface area contributed by atoms with Crippen LogP contribution in [0.25, 0.3) is 10.4 Å². The van der Waals surface area contributed by atoms with E-state index in [1.807, 2.05) is 6.92 Å². The van der Waals surface area contributed by atoms with Crippen LogP contribution in [-0.4, -0.2) is 11.1 Å². The van der Waals surface area contributed by atoms with E-state index in [0.717, 1.165) is 12.8 Å². The first-order valence-corrected chi connectivity index (χ1v) is 4.35. The highest BCUT2D eigenvalue weighted by Gasteiger charge is 2.03. The molecule has 76 valence electrons. The molecule has 0 aromatic heterocycles. The molecule has 5 nitrogen and oxygen atoms in total.